The molecular formula is C11H14BrNO3. The molecule has 0 spiro atoms. The van der Waals surface area contributed by atoms with Crippen molar-refractivity contribution >= 4 is 21.9 Å². The topological polar surface area (TPSA) is 83.5 Å². The standard InChI is InChI=1S/C11H14BrNO3/c1-11(2,9(13)10(15)16)6-4-3-5-7(14)8(6)12/h3-5,9,14H,13H2,1-2H3,(H,15,16). The molecule has 1 rings (SSSR count). The third-order valence-electron chi connectivity index (χ3n) is 2.72. The smallest absolute Gasteiger partial charge is 0.321 e. The SMILES string of the molecule is CC(C)(c1cccc(O)c1Br)C(N)C(=O)O. The van der Waals surface area contributed by atoms with Crippen LogP contribution in [0.5, 0.6) is 5.75 Å². The van der Waals surface area contributed by atoms with E-state index >= 15 is 0 Å². The van der Waals surface area contributed by atoms with E-state index in [1.54, 1.807) is 26.0 Å². The van der Waals surface area contributed by atoms with Gasteiger partial charge >= 0.3 is 5.97 Å². The first-order valence-corrected chi connectivity index (χ1v) is 5.54. The van der Waals surface area contributed by atoms with Crippen molar-refractivity contribution in [2.24, 2.45) is 5.73 Å². The van der Waals surface area contributed by atoms with E-state index in [4.69, 9.17) is 10.8 Å². The first-order valence-electron chi connectivity index (χ1n) is 4.75. The van der Waals surface area contributed by atoms with Gasteiger partial charge in [0.05, 0.1) is 4.47 Å². The second-order valence-electron chi connectivity index (χ2n) is 4.18. The summed E-state index contributed by atoms with van der Waals surface area (Å²) < 4.78 is 0.483. The fourth-order valence-corrected chi connectivity index (χ4v) is 2.27. The Kier molecular flexibility index (Phi) is 3.60. The van der Waals surface area contributed by atoms with Gasteiger partial charge in [-0.15, -0.1) is 0 Å². The third kappa shape index (κ3) is 2.20. The second kappa shape index (κ2) is 4.43. The van der Waals surface area contributed by atoms with Gasteiger partial charge in [-0.3, -0.25) is 4.79 Å². The van der Waals surface area contributed by atoms with Crippen LogP contribution in [0.4, 0.5) is 0 Å². The van der Waals surface area contributed by atoms with Crippen molar-refractivity contribution in [3.8, 4) is 5.75 Å². The maximum atomic E-state index is 10.9. The van der Waals surface area contributed by atoms with Gasteiger partial charge in [-0.25, -0.2) is 0 Å². The number of carboxylic acids is 1. The minimum Gasteiger partial charge on any atom is -0.507 e. The summed E-state index contributed by atoms with van der Waals surface area (Å²) in [5, 5.41) is 18.5. The number of halogens is 1. The number of hydrogen-bond donors (Lipinski definition) is 3. The molecule has 0 aliphatic heterocycles. The number of phenols is 1. The van der Waals surface area contributed by atoms with E-state index in [9.17, 15) is 9.90 Å². The first-order chi connectivity index (χ1) is 7.28. The van der Waals surface area contributed by atoms with Crippen molar-refractivity contribution in [3.63, 3.8) is 0 Å². The summed E-state index contributed by atoms with van der Waals surface area (Å²) in [5.74, 6) is -0.997. The highest BCUT2D eigenvalue weighted by molar-refractivity contribution is 9.10. The highest BCUT2D eigenvalue weighted by atomic mass is 79.9. The van der Waals surface area contributed by atoms with Gasteiger partial charge in [-0.05, 0) is 27.6 Å². The number of rotatable bonds is 3. The molecule has 88 valence electrons. The average molecular weight is 288 g/mol. The summed E-state index contributed by atoms with van der Waals surface area (Å²) in [6.07, 6.45) is 0. The van der Waals surface area contributed by atoms with E-state index in [-0.39, 0.29) is 5.75 Å². The Labute approximate surface area is 102 Å². The fraction of sp³-hybridized carbons (Fsp3) is 0.364. The van der Waals surface area contributed by atoms with Gasteiger partial charge in [-0.1, -0.05) is 26.0 Å². The molecule has 0 fully saturated rings. The molecule has 4 N–H and O–H groups in total. The zero-order valence-electron chi connectivity index (χ0n) is 9.07. The van der Waals surface area contributed by atoms with Crippen LogP contribution in [0.25, 0.3) is 0 Å². The lowest BCUT2D eigenvalue weighted by Crippen LogP contribution is -2.47. The third-order valence-corrected chi connectivity index (χ3v) is 3.55. The number of nitrogens with two attached hydrogens (primary N) is 1. The monoisotopic (exact) mass is 287 g/mol. The molecule has 0 aliphatic rings. The Balaban J connectivity index is 3.26. The molecule has 0 saturated carbocycles. The van der Waals surface area contributed by atoms with Crippen LogP contribution < -0.4 is 5.73 Å². The predicted molar refractivity (Wildman–Crippen MR) is 64.4 cm³/mol. The van der Waals surface area contributed by atoms with Crippen molar-refractivity contribution in [1.82, 2.24) is 0 Å². The Morgan fingerprint density at radius 2 is 2.06 bits per heavy atom. The van der Waals surface area contributed by atoms with Gasteiger partial charge in [0.25, 0.3) is 0 Å². The molecule has 1 aromatic carbocycles. The number of carbonyl (C=O) groups is 1. The molecule has 0 amide bonds. The summed E-state index contributed by atoms with van der Waals surface area (Å²) in [5.41, 5.74) is 5.54. The van der Waals surface area contributed by atoms with Crippen LogP contribution in [0.3, 0.4) is 0 Å². The highest BCUT2D eigenvalue weighted by Gasteiger charge is 2.35. The summed E-state index contributed by atoms with van der Waals surface area (Å²) in [4.78, 5) is 10.9. The molecule has 0 saturated heterocycles. The van der Waals surface area contributed by atoms with E-state index in [1.165, 1.54) is 6.07 Å². The summed E-state index contributed by atoms with van der Waals surface area (Å²) in [6, 6.07) is 3.89. The van der Waals surface area contributed by atoms with Gasteiger partial charge in [0.15, 0.2) is 0 Å². The van der Waals surface area contributed by atoms with Crippen LogP contribution in [-0.2, 0) is 10.2 Å². The largest absolute Gasteiger partial charge is 0.507 e. The molecule has 1 atom stereocenters. The molecular weight excluding hydrogens is 274 g/mol. The zero-order valence-corrected chi connectivity index (χ0v) is 10.7. The number of phenolic OH excluding ortho intramolecular Hbond substituents is 1. The van der Waals surface area contributed by atoms with Crippen molar-refractivity contribution in [3.05, 3.63) is 28.2 Å². The number of aromatic hydroxyl groups is 1. The Hall–Kier alpha value is -1.07. The second-order valence-corrected chi connectivity index (χ2v) is 4.97. The molecule has 0 heterocycles. The lowest BCUT2D eigenvalue weighted by atomic mass is 9.78. The highest BCUT2D eigenvalue weighted by Crippen LogP contribution is 2.37. The molecule has 4 nitrogen and oxygen atoms in total. The lowest BCUT2D eigenvalue weighted by molar-refractivity contribution is -0.140. The summed E-state index contributed by atoms with van der Waals surface area (Å²) >= 11 is 3.23. The van der Waals surface area contributed by atoms with Crippen LogP contribution in [-0.4, -0.2) is 22.2 Å². The molecule has 16 heavy (non-hydrogen) atoms. The van der Waals surface area contributed by atoms with Crippen LogP contribution in [0, 0.1) is 0 Å². The minimum atomic E-state index is -1.07. The van der Waals surface area contributed by atoms with Crippen molar-refractivity contribution in [1.29, 1.82) is 0 Å². The van der Waals surface area contributed by atoms with Gasteiger partial charge in [0.1, 0.15) is 11.8 Å². The van der Waals surface area contributed by atoms with Crippen molar-refractivity contribution in [2.75, 3.05) is 0 Å². The van der Waals surface area contributed by atoms with Crippen LogP contribution in [0.2, 0.25) is 0 Å². The van der Waals surface area contributed by atoms with Gasteiger partial charge in [-0.2, -0.15) is 0 Å². The van der Waals surface area contributed by atoms with Crippen LogP contribution in [0.15, 0.2) is 22.7 Å². The summed E-state index contributed by atoms with van der Waals surface area (Å²) in [7, 11) is 0. The molecule has 0 aromatic heterocycles. The zero-order chi connectivity index (χ0) is 12.5. The molecule has 1 unspecified atom stereocenters. The normalized spacial score (nSPS) is 13.5. The predicted octanol–water partition coefficient (Wildman–Crippen LogP) is 1.84. The Bertz CT molecular complexity index is 418. The number of aliphatic carboxylic acids is 1. The van der Waals surface area contributed by atoms with Gasteiger partial charge in [0, 0.05) is 5.41 Å². The molecule has 0 bridgehead atoms. The van der Waals surface area contributed by atoms with Gasteiger partial charge < -0.3 is 15.9 Å². The average Bonchev–Trinajstić information content (AvgIpc) is 2.20. The Morgan fingerprint density at radius 3 is 2.56 bits per heavy atom. The van der Waals surface area contributed by atoms with E-state index in [0.29, 0.717) is 10.0 Å². The quantitative estimate of drug-likeness (QED) is 0.792. The van der Waals surface area contributed by atoms with E-state index in [1.807, 2.05) is 0 Å². The number of benzene rings is 1. The number of hydrogen-bond acceptors (Lipinski definition) is 3. The maximum Gasteiger partial charge on any atom is 0.321 e. The maximum absolute atomic E-state index is 10.9. The van der Waals surface area contributed by atoms with E-state index < -0.39 is 17.4 Å². The van der Waals surface area contributed by atoms with E-state index in [2.05, 4.69) is 15.9 Å². The molecule has 1 aromatic rings. The Morgan fingerprint density at radius 1 is 1.50 bits per heavy atom. The van der Waals surface area contributed by atoms with Crippen LogP contribution in [0.1, 0.15) is 19.4 Å². The van der Waals surface area contributed by atoms with Crippen LogP contribution >= 0.6 is 15.9 Å². The van der Waals surface area contributed by atoms with Crippen molar-refractivity contribution < 1.29 is 15.0 Å². The molecule has 5 heteroatoms. The lowest BCUT2D eigenvalue weighted by Gasteiger charge is -2.30. The van der Waals surface area contributed by atoms with Gasteiger partial charge in [0.2, 0.25) is 0 Å². The first kappa shape index (κ1) is 13.0. The minimum absolute atomic E-state index is 0.0724. The van der Waals surface area contributed by atoms with Crippen molar-refractivity contribution in [2.45, 2.75) is 25.3 Å². The fourth-order valence-electron chi connectivity index (χ4n) is 1.49. The number of carboxylic acid groups (broad SMARTS) is 1. The summed E-state index contributed by atoms with van der Waals surface area (Å²) in [6.45, 7) is 3.46. The van der Waals surface area contributed by atoms with E-state index in [0.717, 1.165) is 0 Å². The molecule has 0 aliphatic carbocycles. The molecule has 0 radical (unpaired) electrons.